The summed E-state index contributed by atoms with van der Waals surface area (Å²) in [7, 11) is 0. The molecule has 0 spiro atoms. The van der Waals surface area contributed by atoms with Gasteiger partial charge in [-0.1, -0.05) is 24.3 Å². The monoisotopic (exact) mass is 278 g/mol. The van der Waals surface area contributed by atoms with E-state index >= 15 is 0 Å². The van der Waals surface area contributed by atoms with E-state index in [1.165, 1.54) is 0 Å². The predicted molar refractivity (Wildman–Crippen MR) is 70.6 cm³/mol. The van der Waals surface area contributed by atoms with Crippen molar-refractivity contribution in [2.24, 2.45) is 11.8 Å². The first kappa shape index (κ1) is 13.5. The Bertz CT molecular complexity index is 546. The van der Waals surface area contributed by atoms with Crippen molar-refractivity contribution in [3.8, 4) is 0 Å². The first-order chi connectivity index (χ1) is 9.42. The summed E-state index contributed by atoms with van der Waals surface area (Å²) in [6.07, 6.45) is 2.66. The highest BCUT2D eigenvalue weighted by Gasteiger charge is 2.59. The highest BCUT2D eigenvalue weighted by molar-refractivity contribution is 5.91. The fourth-order valence-corrected chi connectivity index (χ4v) is 3.81. The van der Waals surface area contributed by atoms with E-state index in [-0.39, 0.29) is 11.5 Å². The van der Waals surface area contributed by atoms with Crippen molar-refractivity contribution in [3.05, 3.63) is 35.5 Å². The SMILES string of the molecule is C=C1C(=O)O[C@H]2[C@@H]1[C@@H](O)C=C(C)[C@]1(OO)CC=C(C)[C@H]21. The Morgan fingerprint density at radius 3 is 2.85 bits per heavy atom. The van der Waals surface area contributed by atoms with Gasteiger partial charge in [0.1, 0.15) is 11.7 Å². The normalized spacial score (nSPS) is 43.4. The number of fused-ring (bicyclic) bond motifs is 3. The molecule has 5 atom stereocenters. The number of aliphatic hydroxyl groups is 1. The Hall–Kier alpha value is -1.43. The molecule has 0 unspecified atom stereocenters. The van der Waals surface area contributed by atoms with Gasteiger partial charge in [0.15, 0.2) is 0 Å². The van der Waals surface area contributed by atoms with Crippen molar-refractivity contribution in [1.29, 1.82) is 0 Å². The Morgan fingerprint density at radius 2 is 2.20 bits per heavy atom. The van der Waals surface area contributed by atoms with E-state index in [2.05, 4.69) is 6.58 Å². The van der Waals surface area contributed by atoms with Crippen LogP contribution >= 0.6 is 0 Å². The zero-order chi connectivity index (χ0) is 14.7. The lowest BCUT2D eigenvalue weighted by Gasteiger charge is -2.36. The van der Waals surface area contributed by atoms with Gasteiger partial charge in [-0.3, -0.25) is 5.26 Å². The number of aliphatic hydroxyl groups excluding tert-OH is 1. The highest BCUT2D eigenvalue weighted by Crippen LogP contribution is 2.52. The molecule has 3 rings (SSSR count). The summed E-state index contributed by atoms with van der Waals surface area (Å²) in [5, 5.41) is 19.8. The number of ether oxygens (including phenoxy) is 1. The van der Waals surface area contributed by atoms with Crippen LogP contribution in [0, 0.1) is 11.8 Å². The van der Waals surface area contributed by atoms with Crippen LogP contribution in [0.15, 0.2) is 35.5 Å². The third-order valence-corrected chi connectivity index (χ3v) is 4.93. The number of carbonyl (C=O) groups excluding carboxylic acids is 1. The Labute approximate surface area is 117 Å². The average Bonchev–Trinajstić information content (AvgIpc) is 2.85. The predicted octanol–water partition coefficient (Wildman–Crippen LogP) is 1.60. The van der Waals surface area contributed by atoms with Crippen molar-refractivity contribution < 1.29 is 24.8 Å². The molecule has 0 aromatic carbocycles. The van der Waals surface area contributed by atoms with Gasteiger partial charge in [0.2, 0.25) is 0 Å². The minimum absolute atomic E-state index is 0.278. The summed E-state index contributed by atoms with van der Waals surface area (Å²) in [5.41, 5.74) is 1.04. The van der Waals surface area contributed by atoms with E-state index in [1.807, 2.05) is 19.9 Å². The fourth-order valence-electron chi connectivity index (χ4n) is 3.81. The number of hydrogen-bond acceptors (Lipinski definition) is 5. The van der Waals surface area contributed by atoms with Gasteiger partial charge in [-0.25, -0.2) is 9.68 Å². The number of carbonyl (C=O) groups is 1. The molecule has 1 fully saturated rings. The van der Waals surface area contributed by atoms with E-state index < -0.39 is 29.7 Å². The highest BCUT2D eigenvalue weighted by atomic mass is 17.1. The van der Waals surface area contributed by atoms with Crippen LogP contribution < -0.4 is 0 Å². The summed E-state index contributed by atoms with van der Waals surface area (Å²) in [5.74, 6) is -1.30. The first-order valence-electron chi connectivity index (χ1n) is 6.68. The van der Waals surface area contributed by atoms with E-state index in [4.69, 9.17) is 9.62 Å². The van der Waals surface area contributed by atoms with E-state index in [9.17, 15) is 15.2 Å². The average molecular weight is 278 g/mol. The summed E-state index contributed by atoms with van der Waals surface area (Å²) in [4.78, 5) is 16.6. The van der Waals surface area contributed by atoms with Crippen LogP contribution in [-0.2, 0) is 14.4 Å². The lowest BCUT2D eigenvalue weighted by Crippen LogP contribution is -2.45. The molecule has 0 saturated carbocycles. The molecule has 0 aromatic heterocycles. The first-order valence-corrected chi connectivity index (χ1v) is 6.68. The molecule has 1 aliphatic heterocycles. The quantitative estimate of drug-likeness (QED) is 0.250. The molecule has 1 heterocycles. The van der Waals surface area contributed by atoms with Crippen molar-refractivity contribution in [1.82, 2.24) is 0 Å². The van der Waals surface area contributed by atoms with Crippen LogP contribution in [0.1, 0.15) is 20.3 Å². The Morgan fingerprint density at radius 1 is 1.50 bits per heavy atom. The fraction of sp³-hybridized carbons (Fsp3) is 0.533. The second-order valence-corrected chi connectivity index (χ2v) is 5.87. The van der Waals surface area contributed by atoms with Crippen LogP contribution in [0.25, 0.3) is 0 Å². The molecule has 3 aliphatic rings. The second-order valence-electron chi connectivity index (χ2n) is 5.87. The van der Waals surface area contributed by atoms with Crippen molar-refractivity contribution in [3.63, 3.8) is 0 Å². The molecule has 5 heteroatoms. The maximum atomic E-state index is 11.8. The van der Waals surface area contributed by atoms with Crippen LogP contribution in [0.3, 0.4) is 0 Å². The Balaban J connectivity index is 2.16. The topological polar surface area (TPSA) is 76.0 Å². The minimum atomic E-state index is -0.963. The molecule has 1 saturated heterocycles. The van der Waals surface area contributed by atoms with Gasteiger partial charge < -0.3 is 9.84 Å². The molecule has 0 amide bonds. The van der Waals surface area contributed by atoms with E-state index in [0.29, 0.717) is 6.42 Å². The summed E-state index contributed by atoms with van der Waals surface area (Å²) >= 11 is 0. The lowest BCUT2D eigenvalue weighted by atomic mass is 9.76. The molecule has 5 nitrogen and oxygen atoms in total. The minimum Gasteiger partial charge on any atom is -0.457 e. The molecule has 20 heavy (non-hydrogen) atoms. The lowest BCUT2D eigenvalue weighted by molar-refractivity contribution is -0.323. The van der Waals surface area contributed by atoms with Gasteiger partial charge in [-0.05, 0) is 19.4 Å². The maximum absolute atomic E-state index is 11.8. The molecule has 0 radical (unpaired) electrons. The van der Waals surface area contributed by atoms with Gasteiger partial charge in [0, 0.05) is 12.0 Å². The standard InChI is InChI=1S/C15H18O5/c1-7-4-5-15(20-18)8(2)6-10(16)11-9(3)14(17)19-13(11)12(7)15/h4,6,10-13,16,18H,3,5H2,1-2H3/t10-,11-,12+,13-,15+/m0/s1. The number of esters is 1. The summed E-state index contributed by atoms with van der Waals surface area (Å²) in [6.45, 7) is 7.47. The number of hydrogen-bond donors (Lipinski definition) is 2. The van der Waals surface area contributed by atoms with Gasteiger partial charge in [0.25, 0.3) is 0 Å². The summed E-state index contributed by atoms with van der Waals surface area (Å²) in [6, 6.07) is 0. The van der Waals surface area contributed by atoms with E-state index in [1.54, 1.807) is 6.08 Å². The molecule has 108 valence electrons. The van der Waals surface area contributed by atoms with Gasteiger partial charge in [0.05, 0.1) is 17.9 Å². The third-order valence-electron chi connectivity index (χ3n) is 4.93. The molecular weight excluding hydrogens is 260 g/mol. The van der Waals surface area contributed by atoms with E-state index in [0.717, 1.165) is 11.1 Å². The molecule has 0 bridgehead atoms. The van der Waals surface area contributed by atoms with Crippen LogP contribution in [-0.4, -0.2) is 34.1 Å². The zero-order valence-electron chi connectivity index (χ0n) is 11.5. The molecular formula is C15H18O5. The van der Waals surface area contributed by atoms with Crippen molar-refractivity contribution >= 4 is 5.97 Å². The summed E-state index contributed by atoms with van der Waals surface area (Å²) < 4.78 is 5.42. The second kappa shape index (κ2) is 4.28. The Kier molecular flexibility index (Phi) is 2.90. The van der Waals surface area contributed by atoms with Crippen molar-refractivity contribution in [2.75, 3.05) is 0 Å². The molecule has 2 aliphatic carbocycles. The zero-order valence-corrected chi connectivity index (χ0v) is 11.5. The van der Waals surface area contributed by atoms with Gasteiger partial charge in [-0.15, -0.1) is 0 Å². The molecule has 0 aromatic rings. The smallest absolute Gasteiger partial charge is 0.334 e. The third kappa shape index (κ3) is 1.51. The van der Waals surface area contributed by atoms with Crippen LogP contribution in [0.4, 0.5) is 0 Å². The largest absolute Gasteiger partial charge is 0.457 e. The number of rotatable bonds is 1. The van der Waals surface area contributed by atoms with Gasteiger partial charge >= 0.3 is 5.97 Å². The van der Waals surface area contributed by atoms with Crippen LogP contribution in [0.2, 0.25) is 0 Å². The van der Waals surface area contributed by atoms with Crippen LogP contribution in [0.5, 0.6) is 0 Å². The maximum Gasteiger partial charge on any atom is 0.334 e. The van der Waals surface area contributed by atoms with Crippen molar-refractivity contribution in [2.45, 2.75) is 38.1 Å². The van der Waals surface area contributed by atoms with Gasteiger partial charge in [-0.2, -0.15) is 0 Å². The molecule has 2 N–H and O–H groups in total.